The molecule has 1 atom stereocenters. The van der Waals surface area contributed by atoms with E-state index in [1.54, 1.807) is 4.90 Å². The molecule has 0 aromatic heterocycles. The van der Waals surface area contributed by atoms with Gasteiger partial charge in [-0.3, -0.25) is 4.90 Å². The van der Waals surface area contributed by atoms with Crippen LogP contribution in [0, 0.1) is 0 Å². The maximum atomic E-state index is 12.3. The van der Waals surface area contributed by atoms with Crippen molar-refractivity contribution in [1.82, 2.24) is 4.90 Å². The molecule has 3 aliphatic rings. The maximum absolute atomic E-state index is 12.3. The van der Waals surface area contributed by atoms with Crippen molar-refractivity contribution in [2.75, 3.05) is 31.6 Å². The van der Waals surface area contributed by atoms with Gasteiger partial charge in [0.05, 0.1) is 6.54 Å². The molecule has 1 amide bonds. The van der Waals surface area contributed by atoms with Crippen LogP contribution in [-0.2, 0) is 4.74 Å². The lowest BCUT2D eigenvalue weighted by Crippen LogP contribution is -2.49. The summed E-state index contributed by atoms with van der Waals surface area (Å²) in [4.78, 5) is 16.3. The lowest BCUT2D eigenvalue weighted by molar-refractivity contribution is -0.000385. The van der Waals surface area contributed by atoms with Crippen LogP contribution in [0.3, 0.4) is 0 Å². The zero-order valence-corrected chi connectivity index (χ0v) is 12.5. The molecule has 4 rings (SSSR count). The predicted molar refractivity (Wildman–Crippen MR) is 81.7 cm³/mol. The van der Waals surface area contributed by atoms with E-state index in [-0.39, 0.29) is 11.7 Å². The van der Waals surface area contributed by atoms with Gasteiger partial charge in [0.25, 0.3) is 0 Å². The van der Waals surface area contributed by atoms with Crippen LogP contribution in [0.1, 0.15) is 37.2 Å². The van der Waals surface area contributed by atoms with Gasteiger partial charge in [-0.2, -0.15) is 0 Å². The van der Waals surface area contributed by atoms with Gasteiger partial charge in [-0.05, 0) is 62.9 Å². The van der Waals surface area contributed by atoms with E-state index in [0.717, 1.165) is 37.5 Å². The van der Waals surface area contributed by atoms with E-state index >= 15 is 0 Å². The van der Waals surface area contributed by atoms with Crippen molar-refractivity contribution < 1.29 is 9.53 Å². The number of likely N-dealkylation sites (tertiary alicyclic amines) is 1. The number of likely N-dealkylation sites (N-methyl/N-ethyl adjacent to an activating group) is 1. The Balaban J connectivity index is 1.53. The monoisotopic (exact) mass is 286 g/mol. The fourth-order valence-electron chi connectivity index (χ4n) is 3.70. The van der Waals surface area contributed by atoms with Gasteiger partial charge in [0.15, 0.2) is 0 Å². The third-order valence-corrected chi connectivity index (χ3v) is 4.95. The van der Waals surface area contributed by atoms with Gasteiger partial charge in [-0.1, -0.05) is 12.1 Å². The van der Waals surface area contributed by atoms with E-state index in [4.69, 9.17) is 4.74 Å². The van der Waals surface area contributed by atoms with Gasteiger partial charge >= 0.3 is 6.09 Å². The standard InChI is InChI=1S/C17H22N2O2/c1-18-10-2-9-17(11-18)12-19(16(20)21-17)15-7-5-14(6-8-15)13-3-4-13/h5-8,13H,2-4,9-12H2,1H3. The van der Waals surface area contributed by atoms with Crippen molar-refractivity contribution in [3.63, 3.8) is 0 Å². The molecule has 1 aromatic rings. The van der Waals surface area contributed by atoms with Crippen LogP contribution in [0.4, 0.5) is 10.5 Å². The maximum Gasteiger partial charge on any atom is 0.415 e. The lowest BCUT2D eigenvalue weighted by Gasteiger charge is -2.36. The fourth-order valence-corrected chi connectivity index (χ4v) is 3.70. The first-order valence-electron chi connectivity index (χ1n) is 7.94. The summed E-state index contributed by atoms with van der Waals surface area (Å²) in [6, 6.07) is 8.47. The second kappa shape index (κ2) is 4.73. The first-order chi connectivity index (χ1) is 10.2. The highest BCUT2D eigenvalue weighted by atomic mass is 16.6. The molecule has 1 aliphatic carbocycles. The Morgan fingerprint density at radius 2 is 1.95 bits per heavy atom. The third-order valence-electron chi connectivity index (χ3n) is 4.95. The Labute approximate surface area is 125 Å². The number of piperidine rings is 1. The minimum absolute atomic E-state index is 0.190. The molecule has 0 bridgehead atoms. The van der Waals surface area contributed by atoms with Gasteiger partial charge < -0.3 is 9.64 Å². The first kappa shape index (κ1) is 13.1. The first-order valence-corrected chi connectivity index (χ1v) is 7.94. The van der Waals surface area contributed by atoms with Crippen molar-refractivity contribution in [3.8, 4) is 0 Å². The Morgan fingerprint density at radius 1 is 1.19 bits per heavy atom. The van der Waals surface area contributed by atoms with Crippen molar-refractivity contribution in [1.29, 1.82) is 0 Å². The van der Waals surface area contributed by atoms with E-state index in [0.29, 0.717) is 6.54 Å². The SMILES string of the molecule is CN1CCCC2(C1)CN(c1ccc(C3CC3)cc1)C(=O)O2. The molecule has 2 heterocycles. The molecule has 4 heteroatoms. The van der Waals surface area contributed by atoms with Crippen molar-refractivity contribution >= 4 is 11.8 Å². The largest absolute Gasteiger partial charge is 0.439 e. The van der Waals surface area contributed by atoms with Gasteiger partial charge in [0.2, 0.25) is 0 Å². The Bertz CT molecular complexity index is 552. The Hall–Kier alpha value is -1.55. The number of amides is 1. The highest BCUT2D eigenvalue weighted by molar-refractivity contribution is 5.90. The minimum Gasteiger partial charge on any atom is -0.439 e. The molecular weight excluding hydrogens is 264 g/mol. The number of hydrogen-bond acceptors (Lipinski definition) is 3. The zero-order valence-electron chi connectivity index (χ0n) is 12.5. The predicted octanol–water partition coefficient (Wildman–Crippen LogP) is 2.99. The lowest BCUT2D eigenvalue weighted by atomic mass is 9.93. The van der Waals surface area contributed by atoms with Crippen LogP contribution in [0.25, 0.3) is 0 Å². The van der Waals surface area contributed by atoms with E-state index in [9.17, 15) is 4.79 Å². The van der Waals surface area contributed by atoms with Gasteiger partial charge in [0.1, 0.15) is 5.60 Å². The van der Waals surface area contributed by atoms with Crippen LogP contribution in [0.15, 0.2) is 24.3 Å². The van der Waals surface area contributed by atoms with E-state index in [2.05, 4.69) is 36.2 Å². The van der Waals surface area contributed by atoms with Crippen molar-refractivity contribution in [2.45, 2.75) is 37.2 Å². The topological polar surface area (TPSA) is 32.8 Å². The number of hydrogen-bond donors (Lipinski definition) is 0. The van der Waals surface area contributed by atoms with Crippen LogP contribution >= 0.6 is 0 Å². The number of carbonyl (C=O) groups is 1. The summed E-state index contributed by atoms with van der Waals surface area (Å²) in [5, 5.41) is 0. The highest BCUT2D eigenvalue weighted by Crippen LogP contribution is 2.41. The average molecular weight is 286 g/mol. The van der Waals surface area contributed by atoms with Gasteiger partial charge in [-0.15, -0.1) is 0 Å². The molecule has 4 nitrogen and oxygen atoms in total. The molecule has 0 N–H and O–H groups in total. The second-order valence-electron chi connectivity index (χ2n) is 6.84. The summed E-state index contributed by atoms with van der Waals surface area (Å²) in [5.74, 6) is 0.753. The molecule has 1 aromatic carbocycles. The minimum atomic E-state index is -0.306. The molecule has 2 aliphatic heterocycles. The molecule has 1 spiro atoms. The summed E-state index contributed by atoms with van der Waals surface area (Å²) in [6.45, 7) is 2.61. The number of rotatable bonds is 2. The van der Waals surface area contributed by atoms with Crippen LogP contribution in [-0.4, -0.2) is 43.3 Å². The van der Waals surface area contributed by atoms with Gasteiger partial charge in [-0.25, -0.2) is 4.79 Å². The molecule has 112 valence electrons. The van der Waals surface area contributed by atoms with Gasteiger partial charge in [0, 0.05) is 12.2 Å². The third kappa shape index (κ3) is 2.42. The summed E-state index contributed by atoms with van der Waals surface area (Å²) in [5.41, 5.74) is 2.06. The summed E-state index contributed by atoms with van der Waals surface area (Å²) in [7, 11) is 2.10. The number of anilines is 1. The van der Waals surface area contributed by atoms with E-state index < -0.39 is 0 Å². The highest BCUT2D eigenvalue weighted by Gasteiger charge is 2.47. The van der Waals surface area contributed by atoms with Crippen molar-refractivity contribution in [2.24, 2.45) is 0 Å². The van der Waals surface area contributed by atoms with Crippen LogP contribution < -0.4 is 4.90 Å². The average Bonchev–Trinajstić information content (AvgIpc) is 3.25. The summed E-state index contributed by atoms with van der Waals surface area (Å²) in [6.07, 6.45) is 4.49. The molecule has 3 fully saturated rings. The Kier molecular flexibility index (Phi) is 2.96. The normalized spacial score (nSPS) is 30.0. The van der Waals surface area contributed by atoms with Crippen LogP contribution in [0.5, 0.6) is 0 Å². The number of ether oxygens (including phenoxy) is 1. The zero-order chi connectivity index (χ0) is 14.4. The molecule has 1 unspecified atom stereocenters. The number of nitrogens with zero attached hydrogens (tertiary/aromatic N) is 2. The molecule has 2 saturated heterocycles. The molecule has 1 saturated carbocycles. The quantitative estimate of drug-likeness (QED) is 0.838. The fraction of sp³-hybridized carbons (Fsp3) is 0.588. The number of benzene rings is 1. The summed E-state index contributed by atoms with van der Waals surface area (Å²) >= 11 is 0. The van der Waals surface area contributed by atoms with Crippen LogP contribution in [0.2, 0.25) is 0 Å². The molecule has 21 heavy (non-hydrogen) atoms. The Morgan fingerprint density at radius 3 is 2.62 bits per heavy atom. The second-order valence-corrected chi connectivity index (χ2v) is 6.84. The smallest absolute Gasteiger partial charge is 0.415 e. The van der Waals surface area contributed by atoms with Crippen molar-refractivity contribution in [3.05, 3.63) is 29.8 Å². The van der Waals surface area contributed by atoms with E-state index in [1.807, 2.05) is 0 Å². The number of carbonyl (C=O) groups excluding carboxylic acids is 1. The molecular formula is C17H22N2O2. The molecule has 0 radical (unpaired) electrons. The summed E-state index contributed by atoms with van der Waals surface area (Å²) < 4.78 is 5.76. The van der Waals surface area contributed by atoms with E-state index in [1.165, 1.54) is 18.4 Å².